The first kappa shape index (κ1) is 21.6. The van der Waals surface area contributed by atoms with Crippen LogP contribution in [0.15, 0.2) is 36.4 Å². The van der Waals surface area contributed by atoms with Crippen molar-refractivity contribution in [3.63, 3.8) is 0 Å². The number of hydrogen-bond donors (Lipinski definition) is 1. The van der Waals surface area contributed by atoms with Crippen molar-refractivity contribution < 1.29 is 19.1 Å². The Morgan fingerprint density at radius 1 is 1.10 bits per heavy atom. The average molecular weight is 408 g/mol. The summed E-state index contributed by atoms with van der Waals surface area (Å²) in [5.41, 5.74) is 5.12. The van der Waals surface area contributed by atoms with Crippen molar-refractivity contribution in [1.29, 1.82) is 0 Å². The lowest BCUT2D eigenvalue weighted by molar-refractivity contribution is -0.128. The van der Waals surface area contributed by atoms with E-state index in [4.69, 9.17) is 4.74 Å². The Morgan fingerprint density at radius 3 is 2.30 bits per heavy atom. The molecule has 0 saturated carbocycles. The van der Waals surface area contributed by atoms with E-state index >= 15 is 0 Å². The summed E-state index contributed by atoms with van der Waals surface area (Å²) in [5.74, 6) is -0.765. The number of rotatable bonds is 6. The van der Waals surface area contributed by atoms with Gasteiger partial charge in [0.1, 0.15) is 0 Å². The molecule has 1 saturated heterocycles. The molecule has 0 aromatic heterocycles. The second-order valence-corrected chi connectivity index (χ2v) is 7.93. The Balaban J connectivity index is 1.58. The van der Waals surface area contributed by atoms with Crippen LogP contribution in [0.3, 0.4) is 0 Å². The molecule has 0 aliphatic carbocycles. The van der Waals surface area contributed by atoms with Gasteiger partial charge >= 0.3 is 5.97 Å². The fourth-order valence-corrected chi connectivity index (χ4v) is 3.72. The molecule has 2 aromatic rings. The minimum absolute atomic E-state index is 0.164. The summed E-state index contributed by atoms with van der Waals surface area (Å²) in [7, 11) is 0. The van der Waals surface area contributed by atoms with Gasteiger partial charge in [0.25, 0.3) is 5.91 Å². The van der Waals surface area contributed by atoms with E-state index < -0.39 is 12.1 Å². The molecular weight excluding hydrogens is 380 g/mol. The smallest absolute Gasteiger partial charge is 0.338 e. The zero-order valence-electron chi connectivity index (χ0n) is 18.0. The van der Waals surface area contributed by atoms with Crippen LogP contribution in [-0.4, -0.2) is 35.3 Å². The highest BCUT2D eigenvalue weighted by Crippen LogP contribution is 2.22. The van der Waals surface area contributed by atoms with Crippen molar-refractivity contribution in [3.05, 3.63) is 64.2 Å². The van der Waals surface area contributed by atoms with Gasteiger partial charge in [0.15, 0.2) is 6.10 Å². The standard InChI is InChI=1S/C24H28N2O4/c1-15-12-16(2)22(17(3)13-15)25-23(28)18(4)30-24(29)20-9-7-19(8-10-20)14-26-11-5-6-21(26)27/h7-10,12-13,18H,5-6,11,14H2,1-4H3,(H,25,28)/t18-/m0/s1. The van der Waals surface area contributed by atoms with Gasteiger partial charge in [-0.2, -0.15) is 0 Å². The van der Waals surface area contributed by atoms with Crippen LogP contribution < -0.4 is 5.32 Å². The molecule has 6 nitrogen and oxygen atoms in total. The number of carbonyl (C=O) groups is 3. The maximum absolute atomic E-state index is 12.5. The number of hydrogen-bond acceptors (Lipinski definition) is 4. The third kappa shape index (κ3) is 5.06. The summed E-state index contributed by atoms with van der Waals surface area (Å²) >= 11 is 0. The van der Waals surface area contributed by atoms with Gasteiger partial charge in [0, 0.05) is 25.2 Å². The Labute approximate surface area is 177 Å². The van der Waals surface area contributed by atoms with Gasteiger partial charge in [0.05, 0.1) is 5.56 Å². The summed E-state index contributed by atoms with van der Waals surface area (Å²) < 4.78 is 5.35. The first-order valence-corrected chi connectivity index (χ1v) is 10.2. The molecule has 30 heavy (non-hydrogen) atoms. The zero-order chi connectivity index (χ0) is 21.8. The number of esters is 1. The van der Waals surface area contributed by atoms with E-state index in [2.05, 4.69) is 5.32 Å². The molecule has 1 aliphatic heterocycles. The molecule has 2 aromatic carbocycles. The number of carbonyl (C=O) groups excluding carboxylic acids is 3. The minimum atomic E-state index is -0.931. The van der Waals surface area contributed by atoms with Crippen LogP contribution in [0, 0.1) is 20.8 Å². The summed E-state index contributed by atoms with van der Waals surface area (Å²) in [6, 6.07) is 10.9. The first-order chi connectivity index (χ1) is 14.2. The highest BCUT2D eigenvalue weighted by Gasteiger charge is 2.22. The molecule has 158 valence electrons. The van der Waals surface area contributed by atoms with E-state index in [0.717, 1.165) is 40.9 Å². The predicted octanol–water partition coefficient (Wildman–Crippen LogP) is 3.92. The number of nitrogens with one attached hydrogen (secondary N) is 1. The Kier molecular flexibility index (Phi) is 6.55. The van der Waals surface area contributed by atoms with Crippen LogP contribution in [0.1, 0.15) is 52.4 Å². The Bertz CT molecular complexity index is 943. The number of ether oxygens (including phenoxy) is 1. The number of amides is 2. The number of likely N-dealkylation sites (tertiary alicyclic amines) is 1. The van der Waals surface area contributed by atoms with Crippen LogP contribution in [0.2, 0.25) is 0 Å². The van der Waals surface area contributed by atoms with Gasteiger partial charge in [0.2, 0.25) is 5.91 Å². The van der Waals surface area contributed by atoms with Gasteiger partial charge in [-0.3, -0.25) is 9.59 Å². The number of nitrogens with zero attached hydrogens (tertiary/aromatic N) is 1. The number of benzene rings is 2. The Hall–Kier alpha value is -3.15. The SMILES string of the molecule is Cc1cc(C)c(NC(=O)[C@H](C)OC(=O)c2ccc(CN3CCCC3=O)cc2)c(C)c1. The molecule has 0 unspecified atom stereocenters. The van der Waals surface area contributed by atoms with E-state index in [0.29, 0.717) is 18.5 Å². The summed E-state index contributed by atoms with van der Waals surface area (Å²) in [6.07, 6.45) is 0.566. The molecule has 2 amide bonds. The average Bonchev–Trinajstić information content (AvgIpc) is 3.09. The quantitative estimate of drug-likeness (QED) is 0.735. The van der Waals surface area contributed by atoms with E-state index in [1.54, 1.807) is 19.1 Å². The fraction of sp³-hybridized carbons (Fsp3) is 0.375. The van der Waals surface area contributed by atoms with Crippen molar-refractivity contribution in [2.45, 2.75) is 53.2 Å². The van der Waals surface area contributed by atoms with Crippen LogP contribution in [0.25, 0.3) is 0 Å². The largest absolute Gasteiger partial charge is 0.449 e. The minimum Gasteiger partial charge on any atom is -0.449 e. The molecule has 0 spiro atoms. The number of anilines is 1. The zero-order valence-corrected chi connectivity index (χ0v) is 18.0. The topological polar surface area (TPSA) is 75.7 Å². The van der Waals surface area contributed by atoms with Crippen molar-refractivity contribution >= 4 is 23.5 Å². The maximum atomic E-state index is 12.5. The lowest BCUT2D eigenvalue weighted by Gasteiger charge is -2.17. The second kappa shape index (κ2) is 9.11. The molecule has 1 atom stereocenters. The molecular formula is C24H28N2O4. The van der Waals surface area contributed by atoms with Gasteiger partial charge in [-0.15, -0.1) is 0 Å². The van der Waals surface area contributed by atoms with Crippen LogP contribution in [0.5, 0.6) is 0 Å². The fourth-order valence-electron chi connectivity index (χ4n) is 3.72. The normalized spacial score (nSPS) is 14.5. The third-order valence-corrected chi connectivity index (χ3v) is 5.31. The predicted molar refractivity (Wildman–Crippen MR) is 115 cm³/mol. The van der Waals surface area contributed by atoms with Crippen molar-refractivity contribution in [1.82, 2.24) is 4.90 Å². The Morgan fingerprint density at radius 2 is 1.73 bits per heavy atom. The lowest BCUT2D eigenvalue weighted by Crippen LogP contribution is -2.30. The van der Waals surface area contributed by atoms with Crippen molar-refractivity contribution in [3.8, 4) is 0 Å². The molecule has 0 radical (unpaired) electrons. The van der Waals surface area contributed by atoms with E-state index in [1.165, 1.54) is 0 Å². The van der Waals surface area contributed by atoms with E-state index in [9.17, 15) is 14.4 Å². The lowest BCUT2D eigenvalue weighted by atomic mass is 10.0. The second-order valence-electron chi connectivity index (χ2n) is 7.93. The molecule has 0 bridgehead atoms. The number of aryl methyl sites for hydroxylation is 3. The maximum Gasteiger partial charge on any atom is 0.338 e. The monoisotopic (exact) mass is 408 g/mol. The van der Waals surface area contributed by atoms with E-state index in [1.807, 2.05) is 49.9 Å². The van der Waals surface area contributed by atoms with Gasteiger partial charge in [-0.25, -0.2) is 4.79 Å². The molecule has 1 N–H and O–H groups in total. The summed E-state index contributed by atoms with van der Waals surface area (Å²) in [6.45, 7) is 8.74. The summed E-state index contributed by atoms with van der Waals surface area (Å²) in [5, 5.41) is 2.86. The molecule has 1 heterocycles. The van der Waals surface area contributed by atoms with Crippen LogP contribution >= 0.6 is 0 Å². The first-order valence-electron chi connectivity index (χ1n) is 10.2. The van der Waals surface area contributed by atoms with Crippen molar-refractivity contribution in [2.24, 2.45) is 0 Å². The molecule has 6 heteroatoms. The molecule has 3 rings (SSSR count). The van der Waals surface area contributed by atoms with Crippen molar-refractivity contribution in [2.75, 3.05) is 11.9 Å². The van der Waals surface area contributed by atoms with Crippen LogP contribution in [-0.2, 0) is 20.9 Å². The highest BCUT2D eigenvalue weighted by atomic mass is 16.5. The van der Waals surface area contributed by atoms with Crippen LogP contribution in [0.4, 0.5) is 5.69 Å². The van der Waals surface area contributed by atoms with Gasteiger partial charge < -0.3 is 15.0 Å². The van der Waals surface area contributed by atoms with Gasteiger partial charge in [-0.05, 0) is 62.9 Å². The molecule has 1 aliphatic rings. The van der Waals surface area contributed by atoms with Gasteiger partial charge in [-0.1, -0.05) is 29.8 Å². The van der Waals surface area contributed by atoms with E-state index in [-0.39, 0.29) is 11.8 Å². The molecule has 1 fully saturated rings. The third-order valence-electron chi connectivity index (χ3n) is 5.31. The highest BCUT2D eigenvalue weighted by molar-refractivity contribution is 5.98. The summed E-state index contributed by atoms with van der Waals surface area (Å²) in [4.78, 5) is 38.5.